The molecular weight excluding hydrogens is 276 g/mol. The van der Waals surface area contributed by atoms with E-state index in [1.807, 2.05) is 66.0 Å². The van der Waals surface area contributed by atoms with E-state index in [1.165, 1.54) is 16.9 Å². The first-order valence-corrected chi connectivity index (χ1v) is 7.89. The van der Waals surface area contributed by atoms with Crippen molar-refractivity contribution in [1.82, 2.24) is 0 Å². The van der Waals surface area contributed by atoms with Crippen LogP contribution in [0.25, 0.3) is 0 Å². The molecule has 2 aromatic carbocycles. The molecule has 1 heterocycles. The first-order valence-electron chi connectivity index (χ1n) is 7.01. The Bertz CT molecular complexity index is 687. The van der Waals surface area contributed by atoms with Crippen molar-refractivity contribution in [3.63, 3.8) is 0 Å². The average molecular weight is 292 g/mol. The maximum atomic E-state index is 12.8. The number of hydrogen-bond donors (Lipinski definition) is 0. The number of carbonyl (C=O) groups is 1. The number of hydrogen-bond acceptors (Lipinski definition) is 2. The van der Waals surface area contributed by atoms with Gasteiger partial charge in [-0.25, -0.2) is 0 Å². The summed E-state index contributed by atoms with van der Waals surface area (Å²) < 4.78 is 0. The molecule has 0 aliphatic rings. The highest BCUT2D eigenvalue weighted by molar-refractivity contribution is 7.12. The highest BCUT2D eigenvalue weighted by atomic mass is 32.1. The van der Waals surface area contributed by atoms with Crippen LogP contribution in [0.1, 0.15) is 26.7 Å². The van der Waals surface area contributed by atoms with Gasteiger partial charge in [0.15, 0.2) is 5.78 Å². The molecule has 0 N–H and O–H groups in total. The molecule has 0 aliphatic heterocycles. The van der Waals surface area contributed by atoms with Crippen LogP contribution in [0.5, 0.6) is 0 Å². The van der Waals surface area contributed by atoms with Gasteiger partial charge in [-0.2, -0.15) is 0 Å². The SMILES string of the molecule is O=C(c1cccs1)C(Cc1ccccc1)c1ccccc1. The molecule has 1 nitrogen and oxygen atoms in total. The summed E-state index contributed by atoms with van der Waals surface area (Å²) in [5.41, 5.74) is 2.27. The third-order valence-electron chi connectivity index (χ3n) is 3.57. The largest absolute Gasteiger partial charge is 0.293 e. The van der Waals surface area contributed by atoms with Gasteiger partial charge in [0.05, 0.1) is 10.8 Å². The smallest absolute Gasteiger partial charge is 0.180 e. The summed E-state index contributed by atoms with van der Waals surface area (Å²) in [6.07, 6.45) is 0.738. The second kappa shape index (κ2) is 6.51. The molecule has 104 valence electrons. The van der Waals surface area contributed by atoms with Gasteiger partial charge >= 0.3 is 0 Å². The van der Waals surface area contributed by atoms with E-state index in [9.17, 15) is 4.79 Å². The van der Waals surface area contributed by atoms with Gasteiger partial charge in [-0.15, -0.1) is 11.3 Å². The minimum atomic E-state index is -0.118. The molecule has 1 atom stereocenters. The van der Waals surface area contributed by atoms with Gasteiger partial charge in [-0.05, 0) is 29.0 Å². The lowest BCUT2D eigenvalue weighted by atomic mass is 9.88. The van der Waals surface area contributed by atoms with Crippen LogP contribution in [0.2, 0.25) is 0 Å². The minimum Gasteiger partial charge on any atom is -0.293 e. The van der Waals surface area contributed by atoms with Crippen LogP contribution in [0.3, 0.4) is 0 Å². The fourth-order valence-electron chi connectivity index (χ4n) is 2.49. The van der Waals surface area contributed by atoms with Crippen LogP contribution in [0, 0.1) is 0 Å². The first kappa shape index (κ1) is 13.8. The summed E-state index contributed by atoms with van der Waals surface area (Å²) in [6, 6.07) is 24.1. The number of carbonyl (C=O) groups excluding carboxylic acids is 1. The van der Waals surface area contributed by atoms with Crippen molar-refractivity contribution in [2.75, 3.05) is 0 Å². The van der Waals surface area contributed by atoms with E-state index in [1.54, 1.807) is 0 Å². The number of rotatable bonds is 5. The van der Waals surface area contributed by atoms with Crippen molar-refractivity contribution < 1.29 is 4.79 Å². The Kier molecular flexibility index (Phi) is 4.27. The van der Waals surface area contributed by atoms with Gasteiger partial charge in [0.25, 0.3) is 0 Å². The monoisotopic (exact) mass is 292 g/mol. The summed E-state index contributed by atoms with van der Waals surface area (Å²) >= 11 is 1.52. The van der Waals surface area contributed by atoms with E-state index in [0.717, 1.165) is 16.9 Å². The quantitative estimate of drug-likeness (QED) is 0.608. The molecule has 0 saturated carbocycles. The molecule has 0 aliphatic carbocycles. The highest BCUT2D eigenvalue weighted by Gasteiger charge is 2.22. The maximum absolute atomic E-state index is 12.8. The van der Waals surface area contributed by atoms with Crippen molar-refractivity contribution in [3.8, 4) is 0 Å². The molecule has 2 heteroatoms. The van der Waals surface area contributed by atoms with E-state index in [2.05, 4.69) is 12.1 Å². The first-order chi connectivity index (χ1) is 10.3. The van der Waals surface area contributed by atoms with Crippen LogP contribution in [-0.4, -0.2) is 5.78 Å². The summed E-state index contributed by atoms with van der Waals surface area (Å²) in [7, 11) is 0. The second-order valence-corrected chi connectivity index (χ2v) is 5.94. The topological polar surface area (TPSA) is 17.1 Å². The molecule has 0 saturated heterocycles. The number of Topliss-reactive ketones (excluding diaryl/α,β-unsaturated/α-hetero) is 1. The number of benzene rings is 2. The van der Waals surface area contributed by atoms with Crippen LogP contribution in [0.15, 0.2) is 78.2 Å². The van der Waals surface area contributed by atoms with Crippen molar-refractivity contribution in [3.05, 3.63) is 94.2 Å². The Balaban J connectivity index is 1.93. The summed E-state index contributed by atoms with van der Waals surface area (Å²) in [5, 5.41) is 1.96. The lowest BCUT2D eigenvalue weighted by Crippen LogP contribution is -2.14. The molecule has 0 radical (unpaired) electrons. The molecule has 0 bridgehead atoms. The second-order valence-electron chi connectivity index (χ2n) is 4.99. The van der Waals surface area contributed by atoms with Crippen molar-refractivity contribution in [2.45, 2.75) is 12.3 Å². The predicted molar refractivity (Wildman–Crippen MR) is 88.0 cm³/mol. The molecule has 0 fully saturated rings. The zero-order valence-corrected chi connectivity index (χ0v) is 12.4. The Hall–Kier alpha value is -2.19. The third kappa shape index (κ3) is 3.29. The lowest BCUT2D eigenvalue weighted by Gasteiger charge is -2.15. The molecular formula is C19H16OS. The fraction of sp³-hybridized carbons (Fsp3) is 0.105. The average Bonchev–Trinajstić information content (AvgIpc) is 3.08. The Morgan fingerprint density at radius 1 is 0.857 bits per heavy atom. The van der Waals surface area contributed by atoms with Crippen molar-refractivity contribution in [2.24, 2.45) is 0 Å². The van der Waals surface area contributed by atoms with E-state index < -0.39 is 0 Å². The predicted octanol–water partition coefficient (Wildman–Crippen LogP) is 4.96. The van der Waals surface area contributed by atoms with Crippen LogP contribution in [-0.2, 0) is 6.42 Å². The summed E-state index contributed by atoms with van der Waals surface area (Å²) in [4.78, 5) is 13.7. The lowest BCUT2D eigenvalue weighted by molar-refractivity contribution is 0.0963. The zero-order valence-electron chi connectivity index (χ0n) is 11.6. The van der Waals surface area contributed by atoms with Crippen molar-refractivity contribution in [1.29, 1.82) is 0 Å². The third-order valence-corrected chi connectivity index (χ3v) is 4.45. The fourth-order valence-corrected chi connectivity index (χ4v) is 3.21. The van der Waals surface area contributed by atoms with Gasteiger partial charge in [0.2, 0.25) is 0 Å². The van der Waals surface area contributed by atoms with Gasteiger partial charge in [-0.3, -0.25) is 4.79 Å². The van der Waals surface area contributed by atoms with Crippen LogP contribution >= 0.6 is 11.3 Å². The molecule has 3 rings (SSSR count). The standard InChI is InChI=1S/C19H16OS/c20-19(18-12-7-13-21-18)17(16-10-5-2-6-11-16)14-15-8-3-1-4-9-15/h1-13,17H,14H2. The molecule has 0 spiro atoms. The Morgan fingerprint density at radius 2 is 1.52 bits per heavy atom. The molecule has 1 unspecified atom stereocenters. The summed E-state index contributed by atoms with van der Waals surface area (Å²) in [6.45, 7) is 0. The van der Waals surface area contributed by atoms with Gasteiger partial charge in [-0.1, -0.05) is 66.7 Å². The zero-order chi connectivity index (χ0) is 14.5. The van der Waals surface area contributed by atoms with Gasteiger partial charge in [0, 0.05) is 0 Å². The maximum Gasteiger partial charge on any atom is 0.180 e. The van der Waals surface area contributed by atoms with Crippen LogP contribution < -0.4 is 0 Å². The normalized spacial score (nSPS) is 12.0. The van der Waals surface area contributed by atoms with Gasteiger partial charge < -0.3 is 0 Å². The van der Waals surface area contributed by atoms with E-state index in [4.69, 9.17) is 0 Å². The van der Waals surface area contributed by atoms with E-state index in [0.29, 0.717) is 0 Å². The molecule has 3 aromatic rings. The molecule has 21 heavy (non-hydrogen) atoms. The van der Waals surface area contributed by atoms with Crippen LogP contribution in [0.4, 0.5) is 0 Å². The Labute approximate surface area is 128 Å². The highest BCUT2D eigenvalue weighted by Crippen LogP contribution is 2.27. The molecule has 1 aromatic heterocycles. The Morgan fingerprint density at radius 3 is 2.14 bits per heavy atom. The number of thiophene rings is 1. The summed E-state index contributed by atoms with van der Waals surface area (Å²) in [5.74, 6) is 0.0901. The van der Waals surface area contributed by atoms with Gasteiger partial charge in [0.1, 0.15) is 0 Å². The number of ketones is 1. The van der Waals surface area contributed by atoms with E-state index in [-0.39, 0.29) is 11.7 Å². The minimum absolute atomic E-state index is 0.118. The molecule has 0 amide bonds. The van der Waals surface area contributed by atoms with Crippen molar-refractivity contribution >= 4 is 17.1 Å². The van der Waals surface area contributed by atoms with E-state index >= 15 is 0 Å².